The van der Waals surface area contributed by atoms with E-state index in [1.165, 1.54) is 5.56 Å². The Kier molecular flexibility index (Phi) is 5.92. The monoisotopic (exact) mass is 359 g/mol. The average Bonchev–Trinajstić information content (AvgIpc) is 2.69. The van der Waals surface area contributed by atoms with Crippen LogP contribution in [0.15, 0.2) is 78.9 Å². The van der Waals surface area contributed by atoms with Crippen LogP contribution < -0.4 is 10.1 Å². The van der Waals surface area contributed by atoms with Gasteiger partial charge in [-0.2, -0.15) is 0 Å². The molecule has 138 valence electrons. The number of benzene rings is 3. The van der Waals surface area contributed by atoms with E-state index in [0.717, 1.165) is 22.4 Å². The van der Waals surface area contributed by atoms with Crippen LogP contribution in [0.2, 0.25) is 0 Å². The van der Waals surface area contributed by atoms with E-state index in [9.17, 15) is 4.79 Å². The molecule has 0 radical (unpaired) electrons. The molecule has 0 aromatic heterocycles. The second-order valence-electron chi connectivity index (χ2n) is 6.79. The molecule has 0 unspecified atom stereocenters. The molecule has 2 atom stereocenters. The van der Waals surface area contributed by atoms with Gasteiger partial charge >= 0.3 is 0 Å². The Morgan fingerprint density at radius 2 is 1.41 bits per heavy atom. The number of carbonyl (C=O) groups is 1. The van der Waals surface area contributed by atoms with E-state index in [0.29, 0.717) is 0 Å². The minimum absolute atomic E-state index is 0.146. The molecule has 3 heteroatoms. The van der Waals surface area contributed by atoms with Crippen LogP contribution in [0, 0.1) is 13.8 Å². The smallest absolute Gasteiger partial charge is 0.261 e. The molecule has 3 rings (SSSR count). The lowest BCUT2D eigenvalue weighted by molar-refractivity contribution is -0.127. The first-order chi connectivity index (χ1) is 13.0. The number of rotatable bonds is 6. The highest BCUT2D eigenvalue weighted by molar-refractivity contribution is 5.81. The fourth-order valence-corrected chi connectivity index (χ4v) is 2.96. The van der Waals surface area contributed by atoms with Gasteiger partial charge in [-0.25, -0.2) is 0 Å². The Morgan fingerprint density at radius 1 is 0.815 bits per heavy atom. The van der Waals surface area contributed by atoms with Crippen LogP contribution in [0.5, 0.6) is 5.75 Å². The van der Waals surface area contributed by atoms with Gasteiger partial charge in [0, 0.05) is 0 Å². The summed E-state index contributed by atoms with van der Waals surface area (Å²) in [4.78, 5) is 12.8. The molecule has 1 N–H and O–H groups in total. The van der Waals surface area contributed by atoms with Crippen molar-refractivity contribution < 1.29 is 9.53 Å². The zero-order valence-electron chi connectivity index (χ0n) is 16.0. The van der Waals surface area contributed by atoms with Crippen molar-refractivity contribution in [1.29, 1.82) is 0 Å². The lowest BCUT2D eigenvalue weighted by Gasteiger charge is -2.23. The van der Waals surface area contributed by atoms with Gasteiger partial charge in [0.15, 0.2) is 6.10 Å². The predicted molar refractivity (Wildman–Crippen MR) is 109 cm³/mol. The number of nitrogens with one attached hydrogen (secondary N) is 1. The van der Waals surface area contributed by atoms with Gasteiger partial charge in [-0.3, -0.25) is 4.79 Å². The summed E-state index contributed by atoms with van der Waals surface area (Å²) in [5.41, 5.74) is 4.28. The van der Waals surface area contributed by atoms with E-state index in [1.54, 1.807) is 6.92 Å². The van der Waals surface area contributed by atoms with Gasteiger partial charge in [0.05, 0.1) is 6.04 Å². The van der Waals surface area contributed by atoms with E-state index in [2.05, 4.69) is 36.5 Å². The fraction of sp³-hybridized carbons (Fsp3) is 0.208. The van der Waals surface area contributed by atoms with E-state index in [-0.39, 0.29) is 11.9 Å². The number of carbonyl (C=O) groups excluding carboxylic acids is 1. The third kappa shape index (κ3) is 4.76. The lowest BCUT2D eigenvalue weighted by atomic mass is 9.97. The summed E-state index contributed by atoms with van der Waals surface area (Å²) < 4.78 is 5.89. The number of para-hydroxylation sites is 1. The van der Waals surface area contributed by atoms with Gasteiger partial charge in [-0.05, 0) is 43.5 Å². The molecule has 27 heavy (non-hydrogen) atoms. The van der Waals surface area contributed by atoms with Crippen LogP contribution in [0.4, 0.5) is 0 Å². The standard InChI is InChI=1S/C24H25NO2/c1-17-13-15-21(16-14-17)23(20-10-5-4-6-11-20)25-24(26)19(3)27-22-12-8-7-9-18(22)2/h4-16,19,23H,1-3H3,(H,25,26)/t19-,23-/m1/s1. The summed E-state index contributed by atoms with van der Waals surface area (Å²) >= 11 is 0. The maximum Gasteiger partial charge on any atom is 0.261 e. The van der Waals surface area contributed by atoms with Crippen LogP contribution >= 0.6 is 0 Å². The van der Waals surface area contributed by atoms with Gasteiger partial charge in [0.25, 0.3) is 5.91 Å². The van der Waals surface area contributed by atoms with Crippen molar-refractivity contribution >= 4 is 5.91 Å². The topological polar surface area (TPSA) is 38.3 Å². The molecule has 0 bridgehead atoms. The van der Waals surface area contributed by atoms with Crippen molar-refractivity contribution in [3.8, 4) is 5.75 Å². The molecule has 0 heterocycles. The lowest BCUT2D eigenvalue weighted by Crippen LogP contribution is -2.39. The van der Waals surface area contributed by atoms with Crippen LogP contribution in [0.3, 0.4) is 0 Å². The largest absolute Gasteiger partial charge is 0.481 e. The van der Waals surface area contributed by atoms with E-state index in [4.69, 9.17) is 4.74 Å². The zero-order chi connectivity index (χ0) is 19.2. The molecule has 3 aromatic rings. The molecular weight excluding hydrogens is 334 g/mol. The second kappa shape index (κ2) is 8.54. The third-order valence-corrected chi connectivity index (χ3v) is 4.60. The molecule has 1 amide bonds. The van der Waals surface area contributed by atoms with Crippen LogP contribution in [-0.4, -0.2) is 12.0 Å². The number of hydrogen-bond acceptors (Lipinski definition) is 2. The highest BCUT2D eigenvalue weighted by atomic mass is 16.5. The summed E-state index contributed by atoms with van der Waals surface area (Å²) in [7, 11) is 0. The van der Waals surface area contributed by atoms with Gasteiger partial charge in [0.2, 0.25) is 0 Å². The molecule has 0 aliphatic heterocycles. The van der Waals surface area contributed by atoms with Crippen LogP contribution in [0.1, 0.15) is 35.2 Å². The van der Waals surface area contributed by atoms with Crippen molar-refractivity contribution in [2.75, 3.05) is 0 Å². The molecule has 3 aromatic carbocycles. The Balaban J connectivity index is 1.80. The quantitative estimate of drug-likeness (QED) is 0.674. The number of ether oxygens (including phenoxy) is 1. The molecule has 0 spiro atoms. The summed E-state index contributed by atoms with van der Waals surface area (Å²) in [6.07, 6.45) is -0.595. The fourth-order valence-electron chi connectivity index (χ4n) is 2.96. The van der Waals surface area contributed by atoms with Gasteiger partial charge in [0.1, 0.15) is 5.75 Å². The van der Waals surface area contributed by atoms with Crippen molar-refractivity contribution in [2.45, 2.75) is 32.9 Å². The van der Waals surface area contributed by atoms with Crippen molar-refractivity contribution in [1.82, 2.24) is 5.32 Å². The minimum Gasteiger partial charge on any atom is -0.481 e. The van der Waals surface area contributed by atoms with Gasteiger partial charge in [-0.1, -0.05) is 78.4 Å². The molecule has 0 saturated carbocycles. The Bertz CT molecular complexity index is 888. The molecule has 3 nitrogen and oxygen atoms in total. The molecule has 0 aliphatic rings. The Morgan fingerprint density at radius 3 is 2.07 bits per heavy atom. The number of hydrogen-bond donors (Lipinski definition) is 1. The summed E-state index contributed by atoms with van der Waals surface area (Å²) in [6.45, 7) is 5.80. The van der Waals surface area contributed by atoms with E-state index in [1.807, 2.05) is 61.5 Å². The highest BCUT2D eigenvalue weighted by Crippen LogP contribution is 2.23. The SMILES string of the molecule is Cc1ccc([C@H](NC(=O)[C@@H](C)Oc2ccccc2C)c2ccccc2)cc1. The second-order valence-corrected chi connectivity index (χ2v) is 6.79. The Hall–Kier alpha value is -3.07. The van der Waals surface area contributed by atoms with Crippen molar-refractivity contribution in [3.63, 3.8) is 0 Å². The average molecular weight is 359 g/mol. The van der Waals surface area contributed by atoms with Gasteiger partial charge < -0.3 is 10.1 Å². The summed E-state index contributed by atoms with van der Waals surface area (Å²) in [5.74, 6) is 0.583. The maximum absolute atomic E-state index is 12.8. The molecule has 0 saturated heterocycles. The van der Waals surface area contributed by atoms with Crippen molar-refractivity contribution in [2.24, 2.45) is 0 Å². The van der Waals surface area contributed by atoms with Crippen LogP contribution in [-0.2, 0) is 4.79 Å². The first-order valence-corrected chi connectivity index (χ1v) is 9.19. The normalized spacial score (nSPS) is 12.9. The highest BCUT2D eigenvalue weighted by Gasteiger charge is 2.22. The summed E-state index contributed by atoms with van der Waals surface area (Å²) in [5, 5.41) is 3.14. The number of amides is 1. The maximum atomic E-state index is 12.8. The predicted octanol–water partition coefficient (Wildman–Crippen LogP) is 4.98. The van der Waals surface area contributed by atoms with Crippen molar-refractivity contribution in [3.05, 3.63) is 101 Å². The molecule has 0 fully saturated rings. The first-order valence-electron chi connectivity index (χ1n) is 9.19. The van der Waals surface area contributed by atoms with Crippen LogP contribution in [0.25, 0.3) is 0 Å². The molecular formula is C24H25NO2. The zero-order valence-corrected chi connectivity index (χ0v) is 16.0. The van der Waals surface area contributed by atoms with Gasteiger partial charge in [-0.15, -0.1) is 0 Å². The van der Waals surface area contributed by atoms with E-state index < -0.39 is 6.10 Å². The summed E-state index contributed by atoms with van der Waals surface area (Å²) in [6, 6.07) is 25.7. The third-order valence-electron chi connectivity index (χ3n) is 4.60. The minimum atomic E-state index is -0.595. The van der Waals surface area contributed by atoms with E-state index >= 15 is 0 Å². The molecule has 0 aliphatic carbocycles. The first kappa shape index (κ1) is 18.7. The Labute approximate surface area is 161 Å². The number of aryl methyl sites for hydroxylation is 2.